The van der Waals surface area contributed by atoms with Crippen molar-refractivity contribution in [3.63, 3.8) is 0 Å². The summed E-state index contributed by atoms with van der Waals surface area (Å²) in [6, 6.07) is 0. The highest BCUT2D eigenvalue weighted by Crippen LogP contribution is 2.28. The van der Waals surface area contributed by atoms with E-state index in [1.54, 1.807) is 6.08 Å². The highest BCUT2D eigenvalue weighted by atomic mass is 16.5. The molecule has 0 saturated carbocycles. The van der Waals surface area contributed by atoms with Gasteiger partial charge in [-0.15, -0.1) is 0 Å². The maximum atomic E-state index is 13.0. The fraction of sp³-hybridized carbons (Fsp3) is 0.667. The molecule has 0 spiro atoms. The van der Waals surface area contributed by atoms with E-state index in [1.807, 2.05) is 42.5 Å². The summed E-state index contributed by atoms with van der Waals surface area (Å²) in [5, 5.41) is 0. The maximum Gasteiger partial charge on any atom is 0.330 e. The van der Waals surface area contributed by atoms with Crippen LogP contribution >= 0.6 is 0 Å². The van der Waals surface area contributed by atoms with Crippen molar-refractivity contribution >= 4 is 17.9 Å². The average Bonchev–Trinajstić information content (AvgIpc) is 3.08. The highest BCUT2D eigenvalue weighted by Gasteiger charge is 2.24. The molecule has 7 heteroatoms. The fourth-order valence-electron chi connectivity index (χ4n) is 5.37. The van der Waals surface area contributed by atoms with E-state index in [0.29, 0.717) is 45.3 Å². The van der Waals surface area contributed by atoms with Crippen LogP contribution in [0.25, 0.3) is 0 Å². The van der Waals surface area contributed by atoms with Crippen molar-refractivity contribution in [2.24, 2.45) is 5.41 Å². The Morgan fingerprint density at radius 2 is 1.23 bits per heavy atom. The lowest BCUT2D eigenvalue weighted by atomic mass is 9.84. The topological polar surface area (TPSA) is 82.1 Å². The molecule has 0 bridgehead atoms. The van der Waals surface area contributed by atoms with E-state index in [-0.39, 0.29) is 35.8 Å². The van der Waals surface area contributed by atoms with Crippen molar-refractivity contribution in [1.82, 2.24) is 4.90 Å². The number of esters is 3. The van der Waals surface area contributed by atoms with Crippen molar-refractivity contribution in [3.05, 3.63) is 72.9 Å². The largest absolute Gasteiger partial charge is 0.462 e. The molecular weight excluding hydrogens is 650 g/mol. The molecule has 0 aromatic heterocycles. The zero-order valence-electron chi connectivity index (χ0n) is 34.0. The van der Waals surface area contributed by atoms with Crippen LogP contribution < -0.4 is 0 Å². The van der Waals surface area contributed by atoms with Crippen molar-refractivity contribution in [2.75, 3.05) is 33.9 Å². The molecule has 0 saturated heterocycles. The molecule has 52 heavy (non-hydrogen) atoms. The van der Waals surface area contributed by atoms with Crippen LogP contribution in [-0.4, -0.2) is 62.8 Å². The Kier molecular flexibility index (Phi) is 32.7. The van der Waals surface area contributed by atoms with Gasteiger partial charge in [-0.25, -0.2) is 4.79 Å². The van der Waals surface area contributed by atoms with E-state index in [0.717, 1.165) is 38.6 Å². The first-order valence-corrected chi connectivity index (χ1v) is 20.2. The standard InChI is InChI=1S/C45H75NO6/c1-7-9-11-13-15-23-29-38-50-42(47)34-27-21-17-19-25-32-41(52-44(49)40-45(3,4)36-31-37-46(5)6)33-26-20-18-22-28-35-43(48)51-39-30-24-16-14-12-10-8-2/h17,19-20,22-24,26-30,34,41H,7-16,18,21,25,31-33,35-40H2,1-6H3/b19-17-,26-20-,28-22-,29-23-,30-24-,34-27-. The second-order valence-electron chi connectivity index (χ2n) is 14.6. The van der Waals surface area contributed by atoms with E-state index in [4.69, 9.17) is 14.2 Å². The third-order valence-corrected chi connectivity index (χ3v) is 8.46. The molecule has 0 aliphatic carbocycles. The normalized spacial score (nSPS) is 13.2. The van der Waals surface area contributed by atoms with Gasteiger partial charge in [0.2, 0.25) is 0 Å². The molecule has 1 atom stereocenters. The molecule has 296 valence electrons. The number of ether oxygens (including phenoxy) is 3. The van der Waals surface area contributed by atoms with Crippen LogP contribution in [0.4, 0.5) is 0 Å². The second-order valence-corrected chi connectivity index (χ2v) is 14.6. The monoisotopic (exact) mass is 726 g/mol. The first-order valence-electron chi connectivity index (χ1n) is 20.2. The van der Waals surface area contributed by atoms with Gasteiger partial charge in [0.25, 0.3) is 0 Å². The summed E-state index contributed by atoms with van der Waals surface area (Å²) < 4.78 is 16.5. The van der Waals surface area contributed by atoms with E-state index in [9.17, 15) is 14.4 Å². The first-order chi connectivity index (χ1) is 25.1. The summed E-state index contributed by atoms with van der Waals surface area (Å²) in [6.07, 6.45) is 41.0. The van der Waals surface area contributed by atoms with Gasteiger partial charge in [0.05, 0.1) is 12.8 Å². The summed E-state index contributed by atoms with van der Waals surface area (Å²) >= 11 is 0. The van der Waals surface area contributed by atoms with Gasteiger partial charge < -0.3 is 19.1 Å². The molecule has 1 unspecified atom stereocenters. The molecule has 0 radical (unpaired) electrons. The Bertz CT molecular complexity index is 1080. The van der Waals surface area contributed by atoms with E-state index < -0.39 is 0 Å². The van der Waals surface area contributed by atoms with E-state index in [1.165, 1.54) is 57.4 Å². The number of nitrogens with zero attached hydrogens (tertiary/aromatic N) is 1. The van der Waals surface area contributed by atoms with Crippen LogP contribution in [0.1, 0.15) is 150 Å². The summed E-state index contributed by atoms with van der Waals surface area (Å²) in [4.78, 5) is 39.1. The molecule has 7 nitrogen and oxygen atoms in total. The number of rotatable bonds is 33. The number of hydrogen-bond acceptors (Lipinski definition) is 7. The zero-order valence-corrected chi connectivity index (χ0v) is 34.0. The molecule has 0 aliphatic heterocycles. The number of allylic oxidation sites excluding steroid dienone is 7. The van der Waals surface area contributed by atoms with Gasteiger partial charge in [0, 0.05) is 12.5 Å². The van der Waals surface area contributed by atoms with Gasteiger partial charge in [-0.2, -0.15) is 0 Å². The van der Waals surface area contributed by atoms with Crippen molar-refractivity contribution in [2.45, 2.75) is 156 Å². The van der Waals surface area contributed by atoms with Gasteiger partial charge in [0.15, 0.2) is 0 Å². The summed E-state index contributed by atoms with van der Waals surface area (Å²) in [6.45, 7) is 10.3. The Morgan fingerprint density at radius 1 is 0.635 bits per heavy atom. The molecule has 0 N–H and O–H groups in total. The third kappa shape index (κ3) is 35.2. The Balaban J connectivity index is 4.73. The summed E-state index contributed by atoms with van der Waals surface area (Å²) in [5.41, 5.74) is -0.123. The molecule has 0 rings (SSSR count). The Hall–Kier alpha value is -3.19. The van der Waals surface area contributed by atoms with Gasteiger partial charge in [-0.1, -0.05) is 133 Å². The lowest BCUT2D eigenvalue weighted by Gasteiger charge is -2.25. The Morgan fingerprint density at radius 3 is 1.88 bits per heavy atom. The quantitative estimate of drug-likeness (QED) is 0.0219. The minimum Gasteiger partial charge on any atom is -0.462 e. The number of hydrogen-bond donors (Lipinski definition) is 0. The predicted molar refractivity (Wildman–Crippen MR) is 218 cm³/mol. The molecule has 0 aromatic rings. The lowest BCUT2D eigenvalue weighted by Crippen LogP contribution is -2.24. The molecule has 0 heterocycles. The number of unbranched alkanes of at least 4 members (excludes halogenated alkanes) is 8. The zero-order chi connectivity index (χ0) is 38.5. The van der Waals surface area contributed by atoms with E-state index in [2.05, 4.69) is 64.9 Å². The predicted octanol–water partition coefficient (Wildman–Crippen LogP) is 11.4. The van der Waals surface area contributed by atoms with Crippen molar-refractivity contribution in [1.29, 1.82) is 0 Å². The number of carbonyl (C=O) groups excluding carboxylic acids is 3. The van der Waals surface area contributed by atoms with Crippen LogP contribution in [0.15, 0.2) is 72.9 Å². The highest BCUT2D eigenvalue weighted by molar-refractivity contribution is 5.81. The van der Waals surface area contributed by atoms with Crippen LogP contribution in [0.3, 0.4) is 0 Å². The van der Waals surface area contributed by atoms with Crippen molar-refractivity contribution in [3.8, 4) is 0 Å². The third-order valence-electron chi connectivity index (χ3n) is 8.46. The molecule has 0 aliphatic rings. The van der Waals surface area contributed by atoms with Gasteiger partial charge in [-0.05, 0) is 90.3 Å². The molecule has 0 aromatic carbocycles. The average molecular weight is 726 g/mol. The van der Waals surface area contributed by atoms with Gasteiger partial charge >= 0.3 is 17.9 Å². The number of carbonyl (C=O) groups is 3. The Labute approximate surface area is 318 Å². The van der Waals surface area contributed by atoms with Gasteiger partial charge in [-0.3, -0.25) is 9.59 Å². The second kappa shape index (κ2) is 34.9. The minimum absolute atomic E-state index is 0.123. The molecule has 0 fully saturated rings. The first kappa shape index (κ1) is 48.8. The minimum atomic E-state index is -0.335. The van der Waals surface area contributed by atoms with Crippen LogP contribution in [0, 0.1) is 5.41 Å². The fourth-order valence-corrected chi connectivity index (χ4v) is 5.37. The summed E-state index contributed by atoms with van der Waals surface area (Å²) in [7, 11) is 4.13. The SMILES string of the molecule is CCCCCC/C=C\COC(=O)/C=C\C/C=C\CCC(C/C=C\C/C=C\CC(=O)OC/C=C\CCCCCC)OC(=O)CC(C)(C)CCCN(C)C. The van der Waals surface area contributed by atoms with E-state index >= 15 is 0 Å². The van der Waals surface area contributed by atoms with Gasteiger partial charge in [0.1, 0.15) is 19.3 Å². The lowest BCUT2D eigenvalue weighted by molar-refractivity contribution is -0.151. The maximum absolute atomic E-state index is 13.0. The molecular formula is C45H75NO6. The van der Waals surface area contributed by atoms with Crippen LogP contribution in [0.5, 0.6) is 0 Å². The summed E-state index contributed by atoms with van der Waals surface area (Å²) in [5.74, 6) is -0.722. The van der Waals surface area contributed by atoms with Crippen LogP contribution in [-0.2, 0) is 28.6 Å². The molecule has 0 amide bonds. The smallest absolute Gasteiger partial charge is 0.330 e. The van der Waals surface area contributed by atoms with Crippen molar-refractivity contribution < 1.29 is 28.6 Å². The van der Waals surface area contributed by atoms with Crippen LogP contribution in [0.2, 0.25) is 0 Å².